The average Bonchev–Trinajstić information content (AvgIpc) is 3.17. The Morgan fingerprint density at radius 2 is 2.00 bits per heavy atom. The number of nitrogens with one attached hydrogen (secondary N) is 1. The van der Waals surface area contributed by atoms with Gasteiger partial charge in [0.25, 0.3) is 0 Å². The molecule has 2 aromatic heterocycles. The van der Waals surface area contributed by atoms with E-state index in [1.807, 2.05) is 17.9 Å². The molecular weight excluding hydrogens is 298 g/mol. The van der Waals surface area contributed by atoms with Gasteiger partial charge in [0.1, 0.15) is 5.82 Å². The Hall–Kier alpha value is -2.56. The molecule has 0 unspecified atom stereocenters. The summed E-state index contributed by atoms with van der Waals surface area (Å²) >= 11 is 0. The third kappa shape index (κ3) is 2.82. The predicted molar refractivity (Wildman–Crippen MR) is 95.9 cm³/mol. The van der Waals surface area contributed by atoms with Gasteiger partial charge in [0.2, 0.25) is 0 Å². The van der Waals surface area contributed by atoms with Gasteiger partial charge in [-0.3, -0.25) is 4.68 Å². The molecule has 1 aromatic carbocycles. The Labute approximate surface area is 142 Å². The van der Waals surface area contributed by atoms with Crippen molar-refractivity contribution >= 4 is 5.69 Å². The van der Waals surface area contributed by atoms with Gasteiger partial charge in [-0.15, -0.1) is 0 Å². The van der Waals surface area contributed by atoms with Crippen molar-refractivity contribution in [2.45, 2.75) is 39.3 Å². The number of aromatic nitrogens is 4. The van der Waals surface area contributed by atoms with E-state index in [0.717, 1.165) is 30.9 Å². The molecule has 0 spiro atoms. The second-order valence-corrected chi connectivity index (χ2v) is 6.52. The van der Waals surface area contributed by atoms with E-state index in [1.165, 1.54) is 35.5 Å². The molecule has 0 saturated heterocycles. The number of aryl methyl sites for hydroxylation is 4. The van der Waals surface area contributed by atoms with Crippen molar-refractivity contribution in [3.8, 4) is 11.3 Å². The van der Waals surface area contributed by atoms with Crippen LogP contribution in [0.15, 0.2) is 36.7 Å². The summed E-state index contributed by atoms with van der Waals surface area (Å²) in [5.74, 6) is 1.23. The Morgan fingerprint density at radius 3 is 2.71 bits per heavy atom. The highest BCUT2D eigenvalue weighted by molar-refractivity contribution is 5.62. The summed E-state index contributed by atoms with van der Waals surface area (Å²) in [6.45, 7) is 3.97. The third-order valence-corrected chi connectivity index (χ3v) is 4.82. The van der Waals surface area contributed by atoms with Crippen LogP contribution in [0.1, 0.15) is 29.9 Å². The SMILES string of the molecule is Cc1cnn(C)c1CNc1ccc(-c2cn3c(n2)CCCC3)cc1. The van der Waals surface area contributed by atoms with Gasteiger partial charge in [-0.2, -0.15) is 5.10 Å². The van der Waals surface area contributed by atoms with E-state index in [-0.39, 0.29) is 0 Å². The first-order valence-corrected chi connectivity index (χ1v) is 8.58. The molecule has 1 aliphatic rings. The molecule has 24 heavy (non-hydrogen) atoms. The Balaban J connectivity index is 1.47. The van der Waals surface area contributed by atoms with Gasteiger partial charge in [-0.1, -0.05) is 12.1 Å². The Morgan fingerprint density at radius 1 is 1.17 bits per heavy atom. The lowest BCUT2D eigenvalue weighted by atomic mass is 10.1. The minimum absolute atomic E-state index is 0.778. The highest BCUT2D eigenvalue weighted by Crippen LogP contribution is 2.24. The van der Waals surface area contributed by atoms with Crippen LogP contribution in [0.3, 0.4) is 0 Å². The summed E-state index contributed by atoms with van der Waals surface area (Å²) in [6.07, 6.45) is 7.71. The summed E-state index contributed by atoms with van der Waals surface area (Å²) in [4.78, 5) is 4.79. The first-order valence-electron chi connectivity index (χ1n) is 8.58. The fraction of sp³-hybridized carbons (Fsp3) is 0.368. The number of imidazole rings is 1. The van der Waals surface area contributed by atoms with Gasteiger partial charge in [-0.25, -0.2) is 4.98 Å². The number of benzene rings is 1. The zero-order chi connectivity index (χ0) is 16.5. The Bertz CT molecular complexity index is 798. The fourth-order valence-corrected chi connectivity index (χ4v) is 3.32. The molecule has 0 bridgehead atoms. The monoisotopic (exact) mass is 321 g/mol. The summed E-state index contributed by atoms with van der Waals surface area (Å²) in [5.41, 5.74) is 5.80. The van der Waals surface area contributed by atoms with Crippen LogP contribution < -0.4 is 5.32 Å². The van der Waals surface area contributed by atoms with Crippen molar-refractivity contribution in [1.82, 2.24) is 19.3 Å². The second kappa shape index (κ2) is 6.15. The maximum absolute atomic E-state index is 4.79. The highest BCUT2D eigenvalue weighted by atomic mass is 15.3. The first kappa shape index (κ1) is 15.0. The summed E-state index contributed by atoms with van der Waals surface area (Å²) < 4.78 is 4.22. The lowest BCUT2D eigenvalue weighted by Gasteiger charge is -2.11. The largest absolute Gasteiger partial charge is 0.379 e. The molecule has 124 valence electrons. The molecular formula is C19H23N5. The van der Waals surface area contributed by atoms with Crippen LogP contribution in [-0.2, 0) is 26.6 Å². The maximum Gasteiger partial charge on any atom is 0.109 e. The first-order chi connectivity index (χ1) is 11.7. The van der Waals surface area contributed by atoms with Crippen molar-refractivity contribution in [1.29, 1.82) is 0 Å². The minimum atomic E-state index is 0.778. The standard InChI is InChI=1S/C19H23N5/c1-14-11-21-23(2)18(14)12-20-16-8-6-15(7-9-16)17-13-24-10-4-3-5-19(24)22-17/h6-9,11,13,20H,3-5,10,12H2,1-2H3. The van der Waals surface area contributed by atoms with E-state index in [2.05, 4.69) is 52.4 Å². The molecule has 5 nitrogen and oxygen atoms in total. The van der Waals surface area contributed by atoms with Crippen molar-refractivity contribution in [2.75, 3.05) is 5.32 Å². The predicted octanol–water partition coefficient (Wildman–Crippen LogP) is 3.54. The van der Waals surface area contributed by atoms with Crippen LogP contribution in [0.25, 0.3) is 11.3 Å². The van der Waals surface area contributed by atoms with Gasteiger partial charge < -0.3 is 9.88 Å². The molecule has 0 saturated carbocycles. The molecule has 0 atom stereocenters. The van der Waals surface area contributed by atoms with E-state index in [4.69, 9.17) is 4.98 Å². The van der Waals surface area contributed by atoms with E-state index in [1.54, 1.807) is 0 Å². The molecule has 0 fully saturated rings. The zero-order valence-corrected chi connectivity index (χ0v) is 14.3. The van der Waals surface area contributed by atoms with Gasteiger partial charge in [0.05, 0.1) is 24.1 Å². The minimum Gasteiger partial charge on any atom is -0.379 e. The lowest BCUT2D eigenvalue weighted by Crippen LogP contribution is -2.08. The molecule has 5 heteroatoms. The van der Waals surface area contributed by atoms with E-state index in [9.17, 15) is 0 Å². The molecule has 0 aliphatic carbocycles. The summed E-state index contributed by atoms with van der Waals surface area (Å²) in [7, 11) is 1.98. The van der Waals surface area contributed by atoms with Crippen LogP contribution in [0.5, 0.6) is 0 Å². The van der Waals surface area contributed by atoms with E-state index in [0.29, 0.717) is 0 Å². The third-order valence-electron chi connectivity index (χ3n) is 4.82. The number of anilines is 1. The van der Waals surface area contributed by atoms with Crippen molar-refractivity contribution in [3.63, 3.8) is 0 Å². The van der Waals surface area contributed by atoms with E-state index >= 15 is 0 Å². The van der Waals surface area contributed by atoms with Crippen LogP contribution in [-0.4, -0.2) is 19.3 Å². The van der Waals surface area contributed by atoms with Crippen LogP contribution in [0.2, 0.25) is 0 Å². The van der Waals surface area contributed by atoms with Crippen LogP contribution in [0, 0.1) is 6.92 Å². The number of hydrogen-bond donors (Lipinski definition) is 1. The molecule has 1 N–H and O–H groups in total. The van der Waals surface area contributed by atoms with E-state index < -0.39 is 0 Å². The van der Waals surface area contributed by atoms with Crippen LogP contribution >= 0.6 is 0 Å². The zero-order valence-electron chi connectivity index (χ0n) is 14.3. The molecule has 0 amide bonds. The quantitative estimate of drug-likeness (QED) is 0.799. The van der Waals surface area contributed by atoms with Crippen LogP contribution in [0.4, 0.5) is 5.69 Å². The maximum atomic E-state index is 4.79. The normalized spacial score (nSPS) is 13.8. The Kier molecular flexibility index (Phi) is 3.84. The molecule has 3 heterocycles. The van der Waals surface area contributed by atoms with Gasteiger partial charge in [0, 0.05) is 37.5 Å². The molecule has 4 rings (SSSR count). The number of rotatable bonds is 4. The van der Waals surface area contributed by atoms with Crippen molar-refractivity contribution in [2.24, 2.45) is 7.05 Å². The van der Waals surface area contributed by atoms with Crippen molar-refractivity contribution in [3.05, 3.63) is 53.7 Å². The van der Waals surface area contributed by atoms with Gasteiger partial charge in [0.15, 0.2) is 0 Å². The topological polar surface area (TPSA) is 47.7 Å². The fourth-order valence-electron chi connectivity index (χ4n) is 3.32. The molecule has 1 aliphatic heterocycles. The molecule has 3 aromatic rings. The summed E-state index contributed by atoms with van der Waals surface area (Å²) in [5, 5.41) is 7.75. The molecule has 0 radical (unpaired) electrons. The summed E-state index contributed by atoms with van der Waals surface area (Å²) in [6, 6.07) is 8.54. The number of nitrogens with zero attached hydrogens (tertiary/aromatic N) is 4. The van der Waals surface area contributed by atoms with Gasteiger partial charge in [-0.05, 0) is 37.5 Å². The highest BCUT2D eigenvalue weighted by Gasteiger charge is 2.13. The number of hydrogen-bond acceptors (Lipinski definition) is 3. The smallest absolute Gasteiger partial charge is 0.109 e. The average molecular weight is 321 g/mol. The lowest BCUT2D eigenvalue weighted by molar-refractivity contribution is 0.522. The van der Waals surface area contributed by atoms with Crippen molar-refractivity contribution < 1.29 is 0 Å². The number of fused-ring (bicyclic) bond motifs is 1. The second-order valence-electron chi connectivity index (χ2n) is 6.52. The van der Waals surface area contributed by atoms with Gasteiger partial charge >= 0.3 is 0 Å².